The van der Waals surface area contributed by atoms with Crippen molar-refractivity contribution in [1.82, 2.24) is 4.90 Å². The van der Waals surface area contributed by atoms with E-state index in [9.17, 15) is 4.79 Å². The maximum absolute atomic E-state index is 12.3. The number of halogens is 2. The Hall–Kier alpha value is -0.780. The largest absolute Gasteiger partial charge is 0.380 e. The highest BCUT2D eigenvalue weighted by molar-refractivity contribution is 9.10. The van der Waals surface area contributed by atoms with Gasteiger partial charge in [0.2, 0.25) is 0 Å². The van der Waals surface area contributed by atoms with Crippen LogP contribution < -0.4 is 5.32 Å². The van der Waals surface area contributed by atoms with Crippen molar-refractivity contribution >= 4 is 39.2 Å². The summed E-state index contributed by atoms with van der Waals surface area (Å²) in [6, 6.07) is 5.41. The highest BCUT2D eigenvalue weighted by Gasteiger charge is 2.22. The molecule has 1 aliphatic heterocycles. The smallest absolute Gasteiger partial charge is 0.322 e. The van der Waals surface area contributed by atoms with Gasteiger partial charge in [0.05, 0.1) is 17.3 Å². The van der Waals surface area contributed by atoms with Gasteiger partial charge in [-0.05, 0) is 31.5 Å². The number of carbonyl (C=O) groups is 1. The zero-order valence-electron chi connectivity index (χ0n) is 10.7. The van der Waals surface area contributed by atoms with Crippen molar-refractivity contribution < 1.29 is 9.53 Å². The third kappa shape index (κ3) is 3.84. The molecule has 0 aromatic heterocycles. The van der Waals surface area contributed by atoms with Crippen LogP contribution in [0.5, 0.6) is 0 Å². The normalized spacial score (nSPS) is 19.9. The molecule has 6 heteroatoms. The summed E-state index contributed by atoms with van der Waals surface area (Å²) in [6.07, 6.45) is 0.849. The highest BCUT2D eigenvalue weighted by atomic mass is 79.9. The first-order valence-electron chi connectivity index (χ1n) is 6.18. The maximum atomic E-state index is 12.3. The molecule has 0 spiro atoms. The second-order valence-corrected chi connectivity index (χ2v) is 5.82. The molecule has 1 aromatic carbocycles. The number of benzene rings is 1. The van der Waals surface area contributed by atoms with E-state index >= 15 is 0 Å². The van der Waals surface area contributed by atoms with Gasteiger partial charge < -0.3 is 15.0 Å². The first-order valence-corrected chi connectivity index (χ1v) is 7.35. The van der Waals surface area contributed by atoms with Crippen molar-refractivity contribution in [1.29, 1.82) is 0 Å². The Morgan fingerprint density at radius 3 is 3.05 bits per heavy atom. The van der Waals surface area contributed by atoms with Crippen molar-refractivity contribution in [3.8, 4) is 0 Å². The Bertz CT molecular complexity index is 470. The number of amides is 2. The van der Waals surface area contributed by atoms with Crippen LogP contribution in [0, 0.1) is 0 Å². The molecule has 1 saturated heterocycles. The number of ether oxygens (including phenoxy) is 1. The van der Waals surface area contributed by atoms with Crippen LogP contribution in [-0.2, 0) is 4.74 Å². The van der Waals surface area contributed by atoms with Gasteiger partial charge in [0.15, 0.2) is 0 Å². The van der Waals surface area contributed by atoms with E-state index in [4.69, 9.17) is 16.3 Å². The van der Waals surface area contributed by atoms with E-state index in [1.165, 1.54) is 0 Å². The molecular formula is C13H16BrClN2O2. The lowest BCUT2D eigenvalue weighted by molar-refractivity contribution is 0.143. The lowest BCUT2D eigenvalue weighted by Crippen LogP contribution is -2.42. The molecule has 1 fully saturated rings. The zero-order valence-corrected chi connectivity index (χ0v) is 13.0. The minimum atomic E-state index is -0.137. The molecule has 1 N–H and O–H groups in total. The lowest BCUT2D eigenvalue weighted by Gasteiger charge is -2.26. The molecule has 1 aliphatic rings. The third-order valence-electron chi connectivity index (χ3n) is 3.12. The van der Waals surface area contributed by atoms with E-state index in [0.717, 1.165) is 10.9 Å². The van der Waals surface area contributed by atoms with Crippen molar-refractivity contribution in [3.63, 3.8) is 0 Å². The fraction of sp³-hybridized carbons (Fsp3) is 0.462. The molecule has 0 saturated carbocycles. The Labute approximate surface area is 126 Å². The molecule has 0 bridgehead atoms. The number of nitrogens with zero attached hydrogens (tertiary/aromatic N) is 1. The summed E-state index contributed by atoms with van der Waals surface area (Å²) < 4.78 is 6.26. The standard InChI is InChI=1S/C13H16BrClN2O2/c1-9-4-6-19-7-5-17(9)13(18)16-12-3-2-10(14)8-11(12)15/h2-3,8-9H,4-7H2,1H3,(H,16,18)/t9-/m0/s1. The van der Waals surface area contributed by atoms with Crippen LogP contribution in [0.3, 0.4) is 0 Å². The van der Waals surface area contributed by atoms with Gasteiger partial charge in [0.1, 0.15) is 0 Å². The predicted molar refractivity (Wildman–Crippen MR) is 79.8 cm³/mol. The fourth-order valence-electron chi connectivity index (χ4n) is 1.97. The van der Waals surface area contributed by atoms with Gasteiger partial charge in [0, 0.05) is 23.7 Å². The van der Waals surface area contributed by atoms with Crippen molar-refractivity contribution in [3.05, 3.63) is 27.7 Å². The summed E-state index contributed by atoms with van der Waals surface area (Å²) in [5.74, 6) is 0. The molecule has 1 aromatic rings. The number of anilines is 1. The van der Waals surface area contributed by atoms with Crippen LogP contribution in [0.25, 0.3) is 0 Å². The van der Waals surface area contributed by atoms with Crippen LogP contribution in [-0.4, -0.2) is 36.7 Å². The molecule has 0 radical (unpaired) electrons. The molecule has 0 aliphatic carbocycles. The van der Waals surface area contributed by atoms with E-state index in [2.05, 4.69) is 21.2 Å². The van der Waals surface area contributed by atoms with Crippen molar-refractivity contribution in [2.75, 3.05) is 25.1 Å². The predicted octanol–water partition coefficient (Wildman–Crippen LogP) is 3.75. The van der Waals surface area contributed by atoms with E-state index in [0.29, 0.717) is 30.5 Å². The second kappa shape index (κ2) is 6.59. The summed E-state index contributed by atoms with van der Waals surface area (Å²) in [5, 5.41) is 3.36. The molecule has 0 unspecified atom stereocenters. The molecule has 104 valence electrons. The molecule has 1 atom stereocenters. The highest BCUT2D eigenvalue weighted by Crippen LogP contribution is 2.26. The molecule has 4 nitrogen and oxygen atoms in total. The number of hydrogen-bond donors (Lipinski definition) is 1. The Morgan fingerprint density at radius 1 is 1.53 bits per heavy atom. The number of urea groups is 1. The Morgan fingerprint density at radius 2 is 2.32 bits per heavy atom. The Kier molecular flexibility index (Phi) is 5.07. The summed E-state index contributed by atoms with van der Waals surface area (Å²) in [7, 11) is 0. The quantitative estimate of drug-likeness (QED) is 0.840. The minimum absolute atomic E-state index is 0.137. The number of hydrogen-bond acceptors (Lipinski definition) is 2. The molecular weight excluding hydrogens is 332 g/mol. The Balaban J connectivity index is 2.07. The topological polar surface area (TPSA) is 41.6 Å². The van der Waals surface area contributed by atoms with E-state index < -0.39 is 0 Å². The minimum Gasteiger partial charge on any atom is -0.380 e. The van der Waals surface area contributed by atoms with Crippen LogP contribution in [0.4, 0.5) is 10.5 Å². The van der Waals surface area contributed by atoms with Crippen LogP contribution in [0.2, 0.25) is 5.02 Å². The second-order valence-electron chi connectivity index (χ2n) is 4.50. The van der Waals surface area contributed by atoms with Crippen molar-refractivity contribution in [2.24, 2.45) is 0 Å². The summed E-state index contributed by atoms with van der Waals surface area (Å²) >= 11 is 9.43. The van der Waals surface area contributed by atoms with E-state index in [1.54, 1.807) is 17.0 Å². The lowest BCUT2D eigenvalue weighted by atomic mass is 10.2. The van der Waals surface area contributed by atoms with Gasteiger partial charge >= 0.3 is 6.03 Å². The molecule has 2 amide bonds. The summed E-state index contributed by atoms with van der Waals surface area (Å²) in [5.41, 5.74) is 0.618. The fourth-order valence-corrected chi connectivity index (χ4v) is 2.70. The van der Waals surface area contributed by atoms with Gasteiger partial charge in [-0.3, -0.25) is 0 Å². The third-order valence-corrected chi connectivity index (χ3v) is 3.93. The van der Waals surface area contributed by atoms with E-state index in [1.807, 2.05) is 13.0 Å². The molecule has 1 heterocycles. The van der Waals surface area contributed by atoms with Gasteiger partial charge in [0.25, 0.3) is 0 Å². The monoisotopic (exact) mass is 346 g/mol. The first kappa shape index (κ1) is 14.6. The SMILES string of the molecule is C[C@H]1CCOCCN1C(=O)Nc1ccc(Br)cc1Cl. The van der Waals surface area contributed by atoms with Crippen molar-refractivity contribution in [2.45, 2.75) is 19.4 Å². The van der Waals surface area contributed by atoms with Gasteiger partial charge in [-0.15, -0.1) is 0 Å². The number of rotatable bonds is 1. The summed E-state index contributed by atoms with van der Waals surface area (Å²) in [6.45, 7) is 3.90. The zero-order chi connectivity index (χ0) is 13.8. The molecule has 2 rings (SSSR count). The van der Waals surface area contributed by atoms with Crippen LogP contribution >= 0.6 is 27.5 Å². The van der Waals surface area contributed by atoms with E-state index in [-0.39, 0.29) is 12.1 Å². The first-order chi connectivity index (χ1) is 9.08. The number of carbonyl (C=O) groups excluding carboxylic acids is 1. The van der Waals surface area contributed by atoms with Gasteiger partial charge in [-0.25, -0.2) is 4.79 Å². The van der Waals surface area contributed by atoms with Gasteiger partial charge in [-0.2, -0.15) is 0 Å². The summed E-state index contributed by atoms with van der Waals surface area (Å²) in [4.78, 5) is 14.0. The molecule has 19 heavy (non-hydrogen) atoms. The average molecular weight is 348 g/mol. The van der Waals surface area contributed by atoms with Gasteiger partial charge in [-0.1, -0.05) is 27.5 Å². The van der Waals surface area contributed by atoms with Crippen LogP contribution in [0.1, 0.15) is 13.3 Å². The maximum Gasteiger partial charge on any atom is 0.322 e. The number of nitrogens with one attached hydrogen (secondary N) is 1. The average Bonchev–Trinajstić information content (AvgIpc) is 2.57. The van der Waals surface area contributed by atoms with Crippen LogP contribution in [0.15, 0.2) is 22.7 Å².